The largest absolute Gasteiger partial charge is 0.417 e. The molecule has 5 nitrogen and oxygen atoms in total. The van der Waals surface area contributed by atoms with Crippen LogP contribution in [0.25, 0.3) is 0 Å². The van der Waals surface area contributed by atoms with Crippen molar-refractivity contribution in [2.24, 2.45) is 0 Å². The summed E-state index contributed by atoms with van der Waals surface area (Å²) < 4.78 is 61.1. The maximum atomic E-state index is 12.5. The van der Waals surface area contributed by atoms with E-state index in [1.54, 1.807) is 0 Å². The molecule has 2 aliphatic rings. The minimum Gasteiger partial charge on any atom is -0.354 e. The molecule has 0 aliphatic carbocycles. The minimum absolute atomic E-state index is 0.101. The molecule has 0 N–H and O–H groups in total. The first-order chi connectivity index (χ1) is 10.2. The Morgan fingerprint density at radius 1 is 1.18 bits per heavy atom. The summed E-state index contributed by atoms with van der Waals surface area (Å²) in [5.74, 6) is 0.738. The molecular formula is C13H16F3N3O2S. The molecule has 9 heteroatoms. The summed E-state index contributed by atoms with van der Waals surface area (Å²) in [5, 5.41) is 0. The highest BCUT2D eigenvalue weighted by atomic mass is 32.2. The van der Waals surface area contributed by atoms with E-state index in [1.165, 1.54) is 6.07 Å². The topological polar surface area (TPSA) is 53.5 Å². The summed E-state index contributed by atoms with van der Waals surface area (Å²) in [5.41, 5.74) is -0.782. The highest BCUT2D eigenvalue weighted by molar-refractivity contribution is 7.91. The third-order valence-corrected chi connectivity index (χ3v) is 5.84. The number of alkyl halides is 3. The number of fused-ring (bicyclic) bond motifs is 1. The summed E-state index contributed by atoms with van der Waals surface area (Å²) in [4.78, 5) is 7.86. The fourth-order valence-corrected chi connectivity index (χ4v) is 4.51. The molecule has 0 unspecified atom stereocenters. The number of nitrogens with zero attached hydrogens (tertiary/aromatic N) is 3. The van der Waals surface area contributed by atoms with E-state index in [0.717, 1.165) is 12.3 Å². The predicted octanol–water partition coefficient (Wildman–Crippen LogP) is 1.02. The van der Waals surface area contributed by atoms with E-state index < -0.39 is 21.6 Å². The Morgan fingerprint density at radius 3 is 2.59 bits per heavy atom. The zero-order valence-corrected chi connectivity index (χ0v) is 12.6. The number of pyridine rings is 1. The van der Waals surface area contributed by atoms with E-state index in [-0.39, 0.29) is 17.5 Å². The van der Waals surface area contributed by atoms with Gasteiger partial charge >= 0.3 is 6.18 Å². The fraction of sp³-hybridized carbons (Fsp3) is 0.615. The summed E-state index contributed by atoms with van der Waals surface area (Å²) in [7, 11) is -3.02. The first kappa shape index (κ1) is 15.5. The molecule has 2 fully saturated rings. The van der Waals surface area contributed by atoms with Crippen molar-refractivity contribution in [3.05, 3.63) is 23.9 Å². The molecular weight excluding hydrogens is 319 g/mol. The van der Waals surface area contributed by atoms with Gasteiger partial charge in [-0.1, -0.05) is 0 Å². The van der Waals surface area contributed by atoms with Gasteiger partial charge in [-0.15, -0.1) is 0 Å². The van der Waals surface area contributed by atoms with Crippen molar-refractivity contribution in [1.29, 1.82) is 0 Å². The highest BCUT2D eigenvalue weighted by Crippen LogP contribution is 2.30. The number of halogens is 3. The van der Waals surface area contributed by atoms with Crippen LogP contribution in [0.1, 0.15) is 5.56 Å². The second-order valence-electron chi connectivity index (χ2n) is 5.65. The van der Waals surface area contributed by atoms with Crippen molar-refractivity contribution in [1.82, 2.24) is 9.88 Å². The summed E-state index contributed by atoms with van der Waals surface area (Å²) in [6, 6.07) is 2.24. The average Bonchev–Trinajstić information content (AvgIpc) is 2.45. The van der Waals surface area contributed by atoms with Crippen molar-refractivity contribution >= 4 is 15.7 Å². The van der Waals surface area contributed by atoms with Gasteiger partial charge in [0, 0.05) is 38.4 Å². The second kappa shape index (κ2) is 5.38. The normalized spacial score (nSPS) is 25.8. The number of rotatable bonds is 1. The number of hydrogen-bond donors (Lipinski definition) is 0. The molecule has 0 bridgehead atoms. The molecule has 3 rings (SSSR count). The molecule has 1 atom stereocenters. The van der Waals surface area contributed by atoms with Crippen LogP contribution in [-0.2, 0) is 16.0 Å². The zero-order valence-electron chi connectivity index (χ0n) is 11.8. The van der Waals surface area contributed by atoms with Crippen molar-refractivity contribution < 1.29 is 21.6 Å². The van der Waals surface area contributed by atoms with Gasteiger partial charge in [-0.2, -0.15) is 13.2 Å². The van der Waals surface area contributed by atoms with Gasteiger partial charge in [0.15, 0.2) is 9.84 Å². The molecule has 0 amide bonds. The van der Waals surface area contributed by atoms with Gasteiger partial charge in [-0.25, -0.2) is 13.4 Å². The Labute approximate surface area is 126 Å². The molecule has 0 radical (unpaired) electrons. The molecule has 1 aromatic rings. The van der Waals surface area contributed by atoms with Crippen molar-refractivity contribution in [3.8, 4) is 0 Å². The maximum absolute atomic E-state index is 12.5. The quantitative estimate of drug-likeness (QED) is 0.767. The van der Waals surface area contributed by atoms with Crippen molar-refractivity contribution in [2.45, 2.75) is 12.2 Å². The molecule has 122 valence electrons. The van der Waals surface area contributed by atoms with Crippen LogP contribution < -0.4 is 4.90 Å². The molecule has 0 spiro atoms. The average molecular weight is 335 g/mol. The van der Waals surface area contributed by atoms with E-state index in [4.69, 9.17) is 0 Å². The lowest BCUT2D eigenvalue weighted by Crippen LogP contribution is -2.59. The maximum Gasteiger partial charge on any atom is 0.417 e. The monoisotopic (exact) mass is 335 g/mol. The number of sulfone groups is 1. The molecule has 1 aromatic heterocycles. The Balaban J connectivity index is 1.73. The lowest BCUT2D eigenvalue weighted by molar-refractivity contribution is -0.137. The zero-order chi connectivity index (χ0) is 16.0. The van der Waals surface area contributed by atoms with E-state index >= 15 is 0 Å². The predicted molar refractivity (Wildman–Crippen MR) is 75.5 cm³/mol. The van der Waals surface area contributed by atoms with Gasteiger partial charge in [0.25, 0.3) is 0 Å². The molecule has 22 heavy (non-hydrogen) atoms. The Hall–Kier alpha value is -1.35. The van der Waals surface area contributed by atoms with E-state index in [1.807, 2.05) is 4.90 Å². The van der Waals surface area contributed by atoms with Gasteiger partial charge in [-0.05, 0) is 12.1 Å². The standard InChI is InChI=1S/C13H16F3N3O2S/c14-13(15,16)10-1-2-12(17-7-10)19-4-3-18-5-6-22(20,21)9-11(18)8-19/h1-2,7,11H,3-6,8-9H2/t11-/m0/s1. The van der Waals surface area contributed by atoms with Crippen molar-refractivity contribution in [2.75, 3.05) is 42.6 Å². The van der Waals surface area contributed by atoms with Crippen molar-refractivity contribution in [3.63, 3.8) is 0 Å². The first-order valence-electron chi connectivity index (χ1n) is 6.97. The Kier molecular flexibility index (Phi) is 3.80. The second-order valence-corrected chi connectivity index (χ2v) is 7.88. The number of anilines is 1. The summed E-state index contributed by atoms with van der Waals surface area (Å²) in [6.07, 6.45) is -3.58. The third kappa shape index (κ3) is 3.19. The van der Waals surface area contributed by atoms with Crippen LogP contribution in [0.3, 0.4) is 0 Å². The van der Waals surface area contributed by atoms with Crippen LogP contribution in [0, 0.1) is 0 Å². The molecule has 0 aromatic carbocycles. The van der Waals surface area contributed by atoms with Crippen LogP contribution in [-0.4, -0.2) is 62.0 Å². The van der Waals surface area contributed by atoms with Crippen LogP contribution in [0.2, 0.25) is 0 Å². The highest BCUT2D eigenvalue weighted by Gasteiger charge is 2.36. The van der Waals surface area contributed by atoms with Gasteiger partial charge < -0.3 is 4.90 Å². The van der Waals surface area contributed by atoms with E-state index in [2.05, 4.69) is 9.88 Å². The van der Waals surface area contributed by atoms with Gasteiger partial charge in [0.05, 0.1) is 17.1 Å². The summed E-state index contributed by atoms with van der Waals surface area (Å²) >= 11 is 0. The fourth-order valence-electron chi connectivity index (χ4n) is 2.93. The van der Waals surface area contributed by atoms with Gasteiger partial charge in [0.2, 0.25) is 0 Å². The van der Waals surface area contributed by atoms with Crippen LogP contribution in [0.4, 0.5) is 19.0 Å². The number of piperazine rings is 1. The van der Waals surface area contributed by atoms with Crippen LogP contribution in [0.15, 0.2) is 18.3 Å². The lowest BCUT2D eigenvalue weighted by Gasteiger charge is -2.44. The third-order valence-electron chi connectivity index (χ3n) is 4.14. The van der Waals surface area contributed by atoms with E-state index in [9.17, 15) is 21.6 Å². The van der Waals surface area contributed by atoms with Gasteiger partial charge in [0.1, 0.15) is 5.82 Å². The number of aromatic nitrogens is 1. The van der Waals surface area contributed by atoms with E-state index in [0.29, 0.717) is 32.0 Å². The smallest absolute Gasteiger partial charge is 0.354 e. The SMILES string of the molecule is O=S1(=O)CCN2CCN(c3ccc(C(F)(F)F)cn3)C[C@H]2C1. The summed E-state index contributed by atoms with van der Waals surface area (Å²) in [6.45, 7) is 2.33. The van der Waals surface area contributed by atoms with Gasteiger partial charge in [-0.3, -0.25) is 4.90 Å². The Bertz CT molecular complexity index is 645. The van der Waals surface area contributed by atoms with Crippen LogP contribution in [0.5, 0.6) is 0 Å². The molecule has 2 aliphatic heterocycles. The van der Waals surface area contributed by atoms with Crippen LogP contribution >= 0.6 is 0 Å². The minimum atomic E-state index is -4.40. The lowest BCUT2D eigenvalue weighted by atomic mass is 10.2. The number of hydrogen-bond acceptors (Lipinski definition) is 5. The Morgan fingerprint density at radius 2 is 1.95 bits per heavy atom. The molecule has 3 heterocycles. The molecule has 2 saturated heterocycles. The molecule has 0 saturated carbocycles. The first-order valence-corrected chi connectivity index (χ1v) is 8.79.